The molecule has 1 aromatic rings. The van der Waals surface area contributed by atoms with Gasteiger partial charge in [0.05, 0.1) is 5.69 Å². The van der Waals surface area contributed by atoms with Crippen molar-refractivity contribution in [2.75, 3.05) is 11.9 Å². The van der Waals surface area contributed by atoms with Gasteiger partial charge < -0.3 is 9.88 Å². The number of nitrogens with one attached hydrogen (secondary N) is 1. The largest absolute Gasteiger partial charge is 0.352 e. The van der Waals surface area contributed by atoms with Crippen LogP contribution in [0.5, 0.6) is 0 Å². The highest BCUT2D eigenvalue weighted by Crippen LogP contribution is 2.35. The lowest BCUT2D eigenvalue weighted by atomic mass is 9.84. The molecule has 1 aromatic heterocycles. The third-order valence-electron chi connectivity index (χ3n) is 3.98. The summed E-state index contributed by atoms with van der Waals surface area (Å²) in [6.07, 6.45) is 10.7. The van der Waals surface area contributed by atoms with E-state index < -0.39 is 0 Å². The molecule has 0 aromatic carbocycles. The van der Waals surface area contributed by atoms with Crippen molar-refractivity contribution in [2.24, 2.45) is 5.92 Å². The molecule has 1 aliphatic carbocycles. The molecule has 0 saturated heterocycles. The van der Waals surface area contributed by atoms with E-state index in [-0.39, 0.29) is 0 Å². The number of aryl methyl sites for hydroxylation is 1. The van der Waals surface area contributed by atoms with E-state index in [9.17, 15) is 0 Å². The topological polar surface area (TPSA) is 29.9 Å². The minimum absolute atomic E-state index is 0.622. The molecule has 1 aliphatic rings. The van der Waals surface area contributed by atoms with Gasteiger partial charge in [0.2, 0.25) is 5.95 Å². The van der Waals surface area contributed by atoms with Gasteiger partial charge in [-0.2, -0.15) is 0 Å². The van der Waals surface area contributed by atoms with Crippen LogP contribution in [0.25, 0.3) is 0 Å². The smallest absolute Gasteiger partial charge is 0.203 e. The molecular weight excluding hydrogens is 222 g/mol. The van der Waals surface area contributed by atoms with Crippen LogP contribution in [0.15, 0.2) is 18.9 Å². The molecule has 1 N–H and O–H groups in total. The van der Waals surface area contributed by atoms with E-state index in [1.165, 1.54) is 32.1 Å². The first-order valence-electron chi connectivity index (χ1n) is 7.14. The highest BCUT2D eigenvalue weighted by atomic mass is 15.2. The predicted octanol–water partition coefficient (Wildman–Crippen LogP) is 3.93. The minimum atomic E-state index is 0.622. The molecule has 3 nitrogen and oxygen atoms in total. The zero-order chi connectivity index (χ0) is 13.0. The average molecular weight is 247 g/mol. The summed E-state index contributed by atoms with van der Waals surface area (Å²) < 4.78 is 2.35. The Hall–Kier alpha value is -1.25. The summed E-state index contributed by atoms with van der Waals surface area (Å²) in [5, 5.41) is 3.35. The molecule has 18 heavy (non-hydrogen) atoms. The lowest BCUT2D eigenvalue weighted by Crippen LogP contribution is -2.20. The quantitative estimate of drug-likeness (QED) is 0.799. The first-order chi connectivity index (χ1) is 8.74. The summed E-state index contributed by atoms with van der Waals surface area (Å²) in [5.74, 6) is 1.90. The van der Waals surface area contributed by atoms with E-state index in [4.69, 9.17) is 0 Å². The molecule has 0 amide bonds. The summed E-state index contributed by atoms with van der Waals surface area (Å²) in [7, 11) is 0. The molecule has 2 atom stereocenters. The molecule has 0 aliphatic heterocycles. The van der Waals surface area contributed by atoms with Gasteiger partial charge in [0.1, 0.15) is 0 Å². The van der Waals surface area contributed by atoms with Gasteiger partial charge in [-0.05, 0) is 25.7 Å². The monoisotopic (exact) mass is 247 g/mol. The van der Waals surface area contributed by atoms with Crippen LogP contribution >= 0.6 is 0 Å². The molecule has 2 rings (SSSR count). The Kier molecular flexibility index (Phi) is 4.45. The van der Waals surface area contributed by atoms with Crippen molar-refractivity contribution in [3.63, 3.8) is 0 Å². The number of imidazole rings is 1. The first kappa shape index (κ1) is 13.2. The van der Waals surface area contributed by atoms with Crippen molar-refractivity contribution in [1.29, 1.82) is 0 Å². The van der Waals surface area contributed by atoms with Gasteiger partial charge in [-0.3, -0.25) is 0 Å². The number of aromatic nitrogens is 2. The third kappa shape index (κ3) is 2.95. The zero-order valence-electron chi connectivity index (χ0n) is 11.7. The van der Waals surface area contributed by atoms with E-state index in [2.05, 4.69) is 41.5 Å². The van der Waals surface area contributed by atoms with Crippen molar-refractivity contribution >= 4 is 5.95 Å². The maximum Gasteiger partial charge on any atom is 0.203 e. The van der Waals surface area contributed by atoms with E-state index in [1.807, 2.05) is 6.08 Å². The Labute approximate surface area is 110 Å². The van der Waals surface area contributed by atoms with Crippen molar-refractivity contribution in [2.45, 2.75) is 52.0 Å². The normalized spacial score (nSPS) is 23.9. The summed E-state index contributed by atoms with van der Waals surface area (Å²) >= 11 is 0. The van der Waals surface area contributed by atoms with Gasteiger partial charge in [-0.25, -0.2) is 4.98 Å². The predicted molar refractivity (Wildman–Crippen MR) is 76.9 cm³/mol. The Morgan fingerprint density at radius 1 is 1.56 bits per heavy atom. The van der Waals surface area contributed by atoms with Crippen molar-refractivity contribution in [3.05, 3.63) is 24.5 Å². The summed E-state index contributed by atoms with van der Waals surface area (Å²) in [5.41, 5.74) is 1.10. The van der Waals surface area contributed by atoms with Gasteiger partial charge in [0.25, 0.3) is 0 Å². The summed E-state index contributed by atoms with van der Waals surface area (Å²) in [4.78, 5) is 4.58. The van der Waals surface area contributed by atoms with Crippen LogP contribution in [0.3, 0.4) is 0 Å². The lowest BCUT2D eigenvalue weighted by molar-refractivity contribution is 0.263. The standard InChI is InChI=1S/C15H25N3/c1-4-9-16-15-17-12(3)11-18(15)14-8-6-7-13(5-2)10-14/h4,11,13-14H,1,5-10H2,2-3H3,(H,16,17). The van der Waals surface area contributed by atoms with Crippen molar-refractivity contribution in [3.8, 4) is 0 Å². The van der Waals surface area contributed by atoms with Crippen molar-refractivity contribution in [1.82, 2.24) is 9.55 Å². The summed E-state index contributed by atoms with van der Waals surface area (Å²) in [6, 6.07) is 0.622. The van der Waals surface area contributed by atoms with Gasteiger partial charge >= 0.3 is 0 Å². The zero-order valence-corrected chi connectivity index (χ0v) is 11.7. The van der Waals surface area contributed by atoms with Crippen LogP contribution in [0.2, 0.25) is 0 Å². The fourth-order valence-electron chi connectivity index (χ4n) is 2.97. The van der Waals surface area contributed by atoms with Gasteiger partial charge in [-0.15, -0.1) is 6.58 Å². The second-order valence-electron chi connectivity index (χ2n) is 5.38. The fourth-order valence-corrected chi connectivity index (χ4v) is 2.97. The van der Waals surface area contributed by atoms with Gasteiger partial charge in [0.15, 0.2) is 0 Å². The molecule has 0 bridgehead atoms. The Morgan fingerprint density at radius 2 is 2.39 bits per heavy atom. The fraction of sp³-hybridized carbons (Fsp3) is 0.667. The van der Waals surface area contributed by atoms with Crippen LogP contribution < -0.4 is 5.32 Å². The van der Waals surface area contributed by atoms with Crippen LogP contribution in [0.1, 0.15) is 50.8 Å². The number of hydrogen-bond acceptors (Lipinski definition) is 2. The maximum absolute atomic E-state index is 4.58. The highest BCUT2D eigenvalue weighted by Gasteiger charge is 2.23. The van der Waals surface area contributed by atoms with Crippen LogP contribution in [0.4, 0.5) is 5.95 Å². The number of anilines is 1. The molecule has 0 spiro atoms. The maximum atomic E-state index is 4.58. The van der Waals surface area contributed by atoms with Gasteiger partial charge in [-0.1, -0.05) is 32.3 Å². The second kappa shape index (κ2) is 6.07. The van der Waals surface area contributed by atoms with Crippen LogP contribution in [-0.4, -0.2) is 16.1 Å². The number of rotatable bonds is 5. The van der Waals surface area contributed by atoms with E-state index in [1.54, 1.807) is 0 Å². The molecule has 1 heterocycles. The lowest BCUT2D eigenvalue weighted by Gasteiger charge is -2.30. The number of nitrogens with zero attached hydrogens (tertiary/aromatic N) is 2. The summed E-state index contributed by atoms with van der Waals surface area (Å²) in [6.45, 7) is 8.90. The second-order valence-corrected chi connectivity index (χ2v) is 5.38. The molecule has 3 heteroatoms. The van der Waals surface area contributed by atoms with E-state index in [0.29, 0.717) is 6.04 Å². The molecule has 2 unspecified atom stereocenters. The average Bonchev–Trinajstić information content (AvgIpc) is 2.77. The van der Waals surface area contributed by atoms with Crippen LogP contribution in [0, 0.1) is 12.8 Å². The Morgan fingerprint density at radius 3 is 3.11 bits per heavy atom. The first-order valence-corrected chi connectivity index (χ1v) is 7.14. The van der Waals surface area contributed by atoms with Crippen molar-refractivity contribution < 1.29 is 0 Å². The van der Waals surface area contributed by atoms with Crippen LogP contribution in [-0.2, 0) is 0 Å². The molecular formula is C15H25N3. The Bertz CT molecular complexity index is 394. The highest BCUT2D eigenvalue weighted by molar-refractivity contribution is 5.30. The SMILES string of the molecule is C=CCNc1nc(C)cn1C1CCCC(CC)C1. The molecule has 1 fully saturated rings. The number of hydrogen-bond donors (Lipinski definition) is 1. The molecule has 0 radical (unpaired) electrons. The Balaban J connectivity index is 2.13. The third-order valence-corrected chi connectivity index (χ3v) is 3.98. The van der Waals surface area contributed by atoms with E-state index in [0.717, 1.165) is 24.1 Å². The van der Waals surface area contributed by atoms with Gasteiger partial charge in [0, 0.05) is 18.8 Å². The minimum Gasteiger partial charge on any atom is -0.352 e. The molecule has 1 saturated carbocycles. The van der Waals surface area contributed by atoms with E-state index >= 15 is 0 Å². The molecule has 100 valence electrons.